The first-order chi connectivity index (χ1) is 15.8. The van der Waals surface area contributed by atoms with E-state index < -0.39 is 16.4 Å². The van der Waals surface area contributed by atoms with Crippen LogP contribution in [-0.4, -0.2) is 28.7 Å². The van der Waals surface area contributed by atoms with Crippen molar-refractivity contribution in [3.63, 3.8) is 0 Å². The molecule has 1 aromatic carbocycles. The summed E-state index contributed by atoms with van der Waals surface area (Å²) >= 11 is 0. The van der Waals surface area contributed by atoms with Gasteiger partial charge in [0.15, 0.2) is 0 Å². The van der Waals surface area contributed by atoms with Crippen molar-refractivity contribution in [1.82, 2.24) is 9.99 Å². The highest BCUT2D eigenvalue weighted by Gasteiger charge is 2.15. The van der Waals surface area contributed by atoms with Gasteiger partial charge in [0.2, 0.25) is 0 Å². The molecule has 0 saturated carbocycles. The summed E-state index contributed by atoms with van der Waals surface area (Å²) in [6.45, 7) is 1.44. The van der Waals surface area contributed by atoms with Crippen LogP contribution in [0.15, 0.2) is 56.8 Å². The quantitative estimate of drug-likeness (QED) is 0.315. The first kappa shape index (κ1) is 23.1. The molecule has 2 heterocycles. The smallest absolute Gasteiger partial charge is 0.269 e. The second-order valence-electron chi connectivity index (χ2n) is 6.92. The summed E-state index contributed by atoms with van der Waals surface area (Å²) in [5.74, 6) is 0.245. The third kappa shape index (κ3) is 5.38. The molecule has 1 N–H and O–H groups in total. The number of carbonyl (C=O) groups excluding carboxylic acids is 1. The maximum absolute atomic E-state index is 12.6. The lowest BCUT2D eigenvalue weighted by Crippen LogP contribution is -2.33. The number of carbonyl (C=O) groups is 1. The molecule has 0 bridgehead atoms. The average Bonchev–Trinajstić information content (AvgIpc) is 3.26. The molecule has 33 heavy (non-hydrogen) atoms. The van der Waals surface area contributed by atoms with Gasteiger partial charge in [0.1, 0.15) is 29.7 Å². The lowest BCUT2D eigenvalue weighted by molar-refractivity contribution is -0.384. The third-order valence-corrected chi connectivity index (χ3v) is 4.67. The Morgan fingerprint density at radius 2 is 2.06 bits per heavy atom. The van der Waals surface area contributed by atoms with E-state index in [1.165, 1.54) is 30.0 Å². The Kier molecular flexibility index (Phi) is 7.12. The standard InChI is InChI=1S/C22H19N5O6/c1-14-9-16(13-32-2)19(10-23)22(29)26(14)12-21(28)25-24-11-18-7-8-20(33-18)15-3-5-17(6-4-15)27(30)31/h3-9,11H,12-13H2,1-2H3,(H,25,28). The van der Waals surface area contributed by atoms with Crippen LogP contribution in [0.3, 0.4) is 0 Å². The number of nitro benzene ring substituents is 1. The van der Waals surface area contributed by atoms with Crippen LogP contribution in [0.2, 0.25) is 0 Å². The number of furan rings is 1. The van der Waals surface area contributed by atoms with E-state index >= 15 is 0 Å². The summed E-state index contributed by atoms with van der Waals surface area (Å²) in [6, 6.07) is 12.6. The minimum absolute atomic E-state index is 0.0284. The third-order valence-electron chi connectivity index (χ3n) is 4.67. The topological polar surface area (TPSA) is 153 Å². The number of ether oxygens (including phenoxy) is 1. The van der Waals surface area contributed by atoms with Gasteiger partial charge in [-0.1, -0.05) is 0 Å². The maximum atomic E-state index is 12.6. The molecule has 11 heteroatoms. The van der Waals surface area contributed by atoms with E-state index in [0.29, 0.717) is 28.3 Å². The second-order valence-corrected chi connectivity index (χ2v) is 6.92. The average molecular weight is 449 g/mol. The number of nitro groups is 1. The molecule has 0 atom stereocenters. The molecule has 168 valence electrons. The first-order valence-electron chi connectivity index (χ1n) is 9.63. The zero-order chi connectivity index (χ0) is 24.0. The van der Waals surface area contributed by atoms with Gasteiger partial charge in [0, 0.05) is 36.1 Å². The Labute approximate surface area is 187 Å². The van der Waals surface area contributed by atoms with Crippen molar-refractivity contribution in [1.29, 1.82) is 5.26 Å². The first-order valence-corrected chi connectivity index (χ1v) is 9.63. The predicted molar refractivity (Wildman–Crippen MR) is 117 cm³/mol. The van der Waals surface area contributed by atoms with Crippen molar-refractivity contribution in [3.8, 4) is 17.4 Å². The lowest BCUT2D eigenvalue weighted by atomic mass is 10.1. The number of amides is 1. The van der Waals surface area contributed by atoms with Crippen molar-refractivity contribution in [2.45, 2.75) is 20.1 Å². The normalized spacial score (nSPS) is 10.8. The molecule has 1 amide bonds. The zero-order valence-corrected chi connectivity index (χ0v) is 17.8. The molecule has 3 aromatic rings. The number of methoxy groups -OCH3 is 1. The number of benzene rings is 1. The van der Waals surface area contributed by atoms with Crippen LogP contribution in [-0.2, 0) is 22.7 Å². The van der Waals surface area contributed by atoms with Crippen molar-refractivity contribution in [3.05, 3.63) is 85.5 Å². The molecule has 3 rings (SSSR count). The number of hydrogen-bond donors (Lipinski definition) is 1. The fraction of sp³-hybridized carbons (Fsp3) is 0.182. The van der Waals surface area contributed by atoms with Crippen LogP contribution in [0.5, 0.6) is 0 Å². The fourth-order valence-corrected chi connectivity index (χ4v) is 3.09. The van der Waals surface area contributed by atoms with Gasteiger partial charge in [0.25, 0.3) is 17.2 Å². The van der Waals surface area contributed by atoms with Gasteiger partial charge in [-0.25, -0.2) is 5.43 Å². The molecule has 0 radical (unpaired) electrons. The number of hydrazone groups is 1. The molecule has 0 aliphatic heterocycles. The van der Waals surface area contributed by atoms with Crippen molar-refractivity contribution < 1.29 is 18.9 Å². The van der Waals surface area contributed by atoms with E-state index in [4.69, 9.17) is 9.15 Å². The largest absolute Gasteiger partial charge is 0.455 e. The molecule has 0 aliphatic carbocycles. The Morgan fingerprint density at radius 3 is 2.70 bits per heavy atom. The minimum Gasteiger partial charge on any atom is -0.455 e. The van der Waals surface area contributed by atoms with Gasteiger partial charge in [0.05, 0.1) is 17.7 Å². The maximum Gasteiger partial charge on any atom is 0.269 e. The number of pyridine rings is 1. The van der Waals surface area contributed by atoms with Crippen LogP contribution in [0.25, 0.3) is 11.3 Å². The number of non-ortho nitro benzene ring substituents is 1. The summed E-state index contributed by atoms with van der Waals surface area (Å²) in [6.07, 6.45) is 1.28. The molecule has 0 saturated heterocycles. The highest BCUT2D eigenvalue weighted by molar-refractivity contribution is 5.81. The Hall–Kier alpha value is -4.56. The lowest BCUT2D eigenvalue weighted by Gasteiger charge is -2.12. The molecule has 2 aromatic heterocycles. The van der Waals surface area contributed by atoms with Gasteiger partial charge in [-0.05, 0) is 37.3 Å². The summed E-state index contributed by atoms with van der Waals surface area (Å²) < 4.78 is 11.8. The van der Waals surface area contributed by atoms with E-state index in [1.807, 2.05) is 6.07 Å². The van der Waals surface area contributed by atoms with Crippen LogP contribution in [0, 0.1) is 28.4 Å². The molecular formula is C22H19N5O6. The minimum atomic E-state index is -0.581. The van der Waals surface area contributed by atoms with Crippen molar-refractivity contribution in [2.24, 2.45) is 5.10 Å². The van der Waals surface area contributed by atoms with Gasteiger partial charge in [-0.15, -0.1) is 0 Å². The monoisotopic (exact) mass is 449 g/mol. The van der Waals surface area contributed by atoms with Gasteiger partial charge in [-0.2, -0.15) is 10.4 Å². The molecule has 0 spiro atoms. The number of nitrogens with one attached hydrogen (secondary N) is 1. The number of nitrogens with zero attached hydrogens (tertiary/aromatic N) is 4. The van der Waals surface area contributed by atoms with Gasteiger partial charge >= 0.3 is 0 Å². The molecule has 11 nitrogen and oxygen atoms in total. The van der Waals surface area contributed by atoms with Gasteiger partial charge < -0.3 is 13.7 Å². The Morgan fingerprint density at radius 1 is 1.33 bits per heavy atom. The number of aromatic nitrogens is 1. The number of hydrogen-bond acceptors (Lipinski definition) is 8. The molecule has 0 fully saturated rings. The summed E-state index contributed by atoms with van der Waals surface area (Å²) in [5.41, 5.74) is 3.23. The van der Waals surface area contributed by atoms with E-state index in [0.717, 1.165) is 0 Å². The van der Waals surface area contributed by atoms with E-state index in [1.54, 1.807) is 37.3 Å². The van der Waals surface area contributed by atoms with Crippen LogP contribution >= 0.6 is 0 Å². The van der Waals surface area contributed by atoms with Crippen molar-refractivity contribution in [2.75, 3.05) is 7.11 Å². The van der Waals surface area contributed by atoms with E-state index in [2.05, 4.69) is 10.5 Å². The van der Waals surface area contributed by atoms with Crippen LogP contribution in [0.1, 0.15) is 22.6 Å². The highest BCUT2D eigenvalue weighted by Crippen LogP contribution is 2.24. The zero-order valence-electron chi connectivity index (χ0n) is 17.8. The number of rotatable bonds is 8. The predicted octanol–water partition coefficient (Wildman–Crippen LogP) is 2.49. The van der Waals surface area contributed by atoms with Crippen LogP contribution < -0.4 is 11.0 Å². The van der Waals surface area contributed by atoms with Crippen molar-refractivity contribution >= 4 is 17.8 Å². The fourth-order valence-electron chi connectivity index (χ4n) is 3.09. The van der Waals surface area contributed by atoms with E-state index in [-0.39, 0.29) is 24.4 Å². The molecule has 0 aliphatic rings. The second kappa shape index (κ2) is 10.2. The highest BCUT2D eigenvalue weighted by atomic mass is 16.6. The molecule has 0 unspecified atom stereocenters. The van der Waals surface area contributed by atoms with Gasteiger partial charge in [-0.3, -0.25) is 19.7 Å². The summed E-state index contributed by atoms with van der Waals surface area (Å²) in [4.78, 5) is 35.1. The van der Waals surface area contributed by atoms with Crippen LogP contribution in [0.4, 0.5) is 5.69 Å². The molecular weight excluding hydrogens is 430 g/mol. The SMILES string of the molecule is COCc1cc(C)n(CC(=O)NN=Cc2ccc(-c3ccc([N+](=O)[O-])cc3)o2)c(=O)c1C#N. The Balaban J connectivity index is 1.66. The number of aryl methyl sites for hydroxylation is 1. The summed E-state index contributed by atoms with van der Waals surface area (Å²) in [5, 5.41) is 23.8. The van der Waals surface area contributed by atoms with E-state index in [9.17, 15) is 25.0 Å². The Bertz CT molecular complexity index is 1310. The summed E-state index contributed by atoms with van der Waals surface area (Å²) in [7, 11) is 1.46. The number of nitriles is 1.